The van der Waals surface area contributed by atoms with Crippen molar-refractivity contribution in [3.8, 4) is 0 Å². The molecule has 1 aliphatic rings. The van der Waals surface area contributed by atoms with Gasteiger partial charge in [0.15, 0.2) is 0 Å². The number of hydrogen-bond acceptors (Lipinski definition) is 2. The van der Waals surface area contributed by atoms with Crippen LogP contribution in [0.4, 0.5) is 14.5 Å². The lowest BCUT2D eigenvalue weighted by Gasteiger charge is -2.40. The molecule has 136 valence electrons. The molecule has 6 heteroatoms. The van der Waals surface area contributed by atoms with Gasteiger partial charge in [-0.2, -0.15) is 0 Å². The number of rotatable bonds is 6. The molecule has 0 atom stereocenters. The number of hydrogen-bond donors (Lipinski definition) is 2. The highest BCUT2D eigenvalue weighted by atomic mass is 19.1. The minimum absolute atomic E-state index is 0.0291. The van der Waals surface area contributed by atoms with Crippen molar-refractivity contribution in [3.05, 3.63) is 65.2 Å². The number of carbonyl (C=O) groups is 2. The molecule has 4 nitrogen and oxygen atoms in total. The summed E-state index contributed by atoms with van der Waals surface area (Å²) in [6.07, 6.45) is 1.95. The van der Waals surface area contributed by atoms with Gasteiger partial charge in [0, 0.05) is 17.7 Å². The molecule has 0 saturated heterocycles. The predicted molar refractivity (Wildman–Crippen MR) is 92.9 cm³/mol. The fraction of sp³-hybridized carbons (Fsp3) is 0.300. The van der Waals surface area contributed by atoms with Crippen molar-refractivity contribution in [2.45, 2.75) is 37.5 Å². The van der Waals surface area contributed by atoms with Crippen molar-refractivity contribution in [2.24, 2.45) is 0 Å². The van der Waals surface area contributed by atoms with Gasteiger partial charge in [0.25, 0.3) is 0 Å². The molecular weight excluding hydrogens is 340 g/mol. The van der Waals surface area contributed by atoms with E-state index in [0.717, 1.165) is 12.0 Å². The Morgan fingerprint density at radius 2 is 1.65 bits per heavy atom. The van der Waals surface area contributed by atoms with E-state index in [-0.39, 0.29) is 12.0 Å². The summed E-state index contributed by atoms with van der Waals surface area (Å²) in [6.45, 7) is 0. The summed E-state index contributed by atoms with van der Waals surface area (Å²) >= 11 is 0. The summed E-state index contributed by atoms with van der Waals surface area (Å²) in [5.41, 5.74) is 0.0000469. The van der Waals surface area contributed by atoms with Crippen LogP contribution in [0.2, 0.25) is 0 Å². The third-order valence-electron chi connectivity index (χ3n) is 4.92. The standard InChI is InChI=1S/C20H19F2NO3/c21-15-3-1-4-16(22)18(15)20(11-2-12-20)19(26)23-14-8-5-13(6-9-14)7-10-17(24)25/h1,3-6,8-9H,2,7,10-12H2,(H,23,26)(H,24,25). The third-order valence-corrected chi connectivity index (χ3v) is 4.92. The number of benzene rings is 2. The Kier molecular flexibility index (Phi) is 5.02. The molecule has 1 aliphatic carbocycles. The van der Waals surface area contributed by atoms with Crippen LogP contribution in [0.1, 0.15) is 36.8 Å². The second-order valence-electron chi connectivity index (χ2n) is 6.58. The first kappa shape index (κ1) is 18.0. The molecule has 26 heavy (non-hydrogen) atoms. The Hall–Kier alpha value is -2.76. The van der Waals surface area contributed by atoms with Gasteiger partial charge in [-0.1, -0.05) is 24.6 Å². The third kappa shape index (κ3) is 3.45. The van der Waals surface area contributed by atoms with Crippen LogP contribution >= 0.6 is 0 Å². The minimum Gasteiger partial charge on any atom is -0.481 e. The molecule has 0 bridgehead atoms. The van der Waals surface area contributed by atoms with Gasteiger partial charge in [-0.05, 0) is 49.1 Å². The van der Waals surface area contributed by atoms with Crippen LogP contribution in [0, 0.1) is 11.6 Å². The quantitative estimate of drug-likeness (QED) is 0.818. The maximum Gasteiger partial charge on any atom is 0.303 e. The van der Waals surface area contributed by atoms with E-state index < -0.39 is 28.9 Å². The number of nitrogens with one attached hydrogen (secondary N) is 1. The molecule has 1 fully saturated rings. The van der Waals surface area contributed by atoms with E-state index in [1.807, 2.05) is 0 Å². The van der Waals surface area contributed by atoms with Gasteiger partial charge < -0.3 is 10.4 Å². The fourth-order valence-electron chi connectivity index (χ4n) is 3.33. The number of amides is 1. The van der Waals surface area contributed by atoms with E-state index in [9.17, 15) is 18.4 Å². The minimum atomic E-state index is -1.18. The van der Waals surface area contributed by atoms with Crippen LogP contribution in [0.5, 0.6) is 0 Å². The average molecular weight is 359 g/mol. The maximum absolute atomic E-state index is 14.2. The van der Waals surface area contributed by atoms with Crippen molar-refractivity contribution in [1.82, 2.24) is 0 Å². The van der Waals surface area contributed by atoms with Crippen molar-refractivity contribution in [1.29, 1.82) is 0 Å². The number of anilines is 1. The van der Waals surface area contributed by atoms with Crippen molar-refractivity contribution in [2.75, 3.05) is 5.32 Å². The first-order chi connectivity index (χ1) is 12.4. The largest absolute Gasteiger partial charge is 0.481 e. The SMILES string of the molecule is O=C(O)CCc1ccc(NC(=O)C2(c3c(F)cccc3F)CCC2)cc1. The zero-order chi connectivity index (χ0) is 18.7. The lowest BCUT2D eigenvalue weighted by Crippen LogP contribution is -2.47. The monoisotopic (exact) mass is 359 g/mol. The number of carboxylic acids is 1. The van der Waals surface area contributed by atoms with Gasteiger partial charge in [-0.15, -0.1) is 0 Å². The smallest absolute Gasteiger partial charge is 0.303 e. The summed E-state index contributed by atoms with van der Waals surface area (Å²) in [5, 5.41) is 11.4. The van der Waals surface area contributed by atoms with Crippen LogP contribution in [0.15, 0.2) is 42.5 Å². The van der Waals surface area contributed by atoms with Crippen LogP contribution in [-0.4, -0.2) is 17.0 Å². The summed E-state index contributed by atoms with van der Waals surface area (Å²) in [4.78, 5) is 23.4. The molecule has 2 aromatic rings. The zero-order valence-electron chi connectivity index (χ0n) is 14.1. The maximum atomic E-state index is 14.2. The Morgan fingerprint density at radius 1 is 1.04 bits per heavy atom. The Labute approximate surface area is 149 Å². The van der Waals surface area contributed by atoms with Gasteiger partial charge in [0.05, 0.1) is 5.41 Å². The molecule has 0 radical (unpaired) electrons. The van der Waals surface area contributed by atoms with E-state index >= 15 is 0 Å². The second kappa shape index (κ2) is 7.23. The molecule has 0 aliphatic heterocycles. The van der Waals surface area contributed by atoms with Crippen molar-refractivity contribution in [3.63, 3.8) is 0 Å². The van der Waals surface area contributed by atoms with E-state index in [1.165, 1.54) is 18.2 Å². The van der Waals surface area contributed by atoms with Gasteiger partial charge in [-0.25, -0.2) is 8.78 Å². The summed E-state index contributed by atoms with van der Waals surface area (Å²) in [7, 11) is 0. The summed E-state index contributed by atoms with van der Waals surface area (Å²) in [5.74, 6) is -2.71. The summed E-state index contributed by atoms with van der Waals surface area (Å²) in [6, 6.07) is 10.4. The van der Waals surface area contributed by atoms with Gasteiger partial charge in [0.1, 0.15) is 11.6 Å². The normalized spacial score (nSPS) is 15.2. The van der Waals surface area contributed by atoms with Crippen molar-refractivity contribution >= 4 is 17.6 Å². The lowest BCUT2D eigenvalue weighted by molar-refractivity contribution is -0.137. The topological polar surface area (TPSA) is 66.4 Å². The van der Waals surface area contributed by atoms with E-state index in [1.54, 1.807) is 24.3 Å². The molecule has 0 aromatic heterocycles. The van der Waals surface area contributed by atoms with Gasteiger partial charge in [0.2, 0.25) is 5.91 Å². The lowest BCUT2D eigenvalue weighted by atomic mass is 9.63. The molecular formula is C20H19F2NO3. The first-order valence-electron chi connectivity index (χ1n) is 8.49. The van der Waals surface area contributed by atoms with Crippen LogP contribution in [-0.2, 0) is 21.4 Å². The first-order valence-corrected chi connectivity index (χ1v) is 8.49. The number of carbonyl (C=O) groups excluding carboxylic acids is 1. The number of aryl methyl sites for hydroxylation is 1. The summed E-state index contributed by atoms with van der Waals surface area (Å²) < 4.78 is 28.4. The van der Waals surface area contributed by atoms with Crippen LogP contribution in [0.25, 0.3) is 0 Å². The molecule has 0 unspecified atom stereocenters. The molecule has 1 amide bonds. The highest BCUT2D eigenvalue weighted by Crippen LogP contribution is 2.46. The molecule has 1 saturated carbocycles. The van der Waals surface area contributed by atoms with Crippen molar-refractivity contribution < 1.29 is 23.5 Å². The van der Waals surface area contributed by atoms with E-state index in [2.05, 4.69) is 5.32 Å². The second-order valence-corrected chi connectivity index (χ2v) is 6.58. The molecule has 2 aromatic carbocycles. The van der Waals surface area contributed by atoms with Crippen LogP contribution in [0.3, 0.4) is 0 Å². The number of aliphatic carboxylic acids is 1. The van der Waals surface area contributed by atoms with Gasteiger partial charge >= 0.3 is 5.97 Å². The molecule has 0 spiro atoms. The molecule has 0 heterocycles. The fourth-order valence-corrected chi connectivity index (χ4v) is 3.33. The average Bonchev–Trinajstić information content (AvgIpc) is 2.56. The van der Waals surface area contributed by atoms with E-state index in [4.69, 9.17) is 5.11 Å². The number of halogens is 2. The highest BCUT2D eigenvalue weighted by molar-refractivity contribution is 6.00. The van der Waals surface area contributed by atoms with E-state index in [0.29, 0.717) is 24.9 Å². The van der Waals surface area contributed by atoms with Crippen LogP contribution < -0.4 is 5.32 Å². The Balaban J connectivity index is 1.77. The van der Waals surface area contributed by atoms with Gasteiger partial charge in [-0.3, -0.25) is 9.59 Å². The zero-order valence-corrected chi connectivity index (χ0v) is 14.1. The Morgan fingerprint density at radius 3 is 2.15 bits per heavy atom. The number of carboxylic acid groups (broad SMARTS) is 1. The molecule has 3 rings (SSSR count). The Bertz CT molecular complexity index is 809. The molecule has 2 N–H and O–H groups in total. The highest BCUT2D eigenvalue weighted by Gasteiger charge is 2.49. The predicted octanol–water partition coefficient (Wildman–Crippen LogP) is 4.04.